The average molecular weight is 713 g/mol. The van der Waals surface area contributed by atoms with Crippen LogP contribution in [-0.4, -0.2) is 59.8 Å². The standard InChI is InChI=1S/C44H48N4O5/c1-32-41(30-48-26-24-47(25-27-48)29-34-8-4-2-5-9-34)52-43(53-42(32)36-16-14-35(31-49)15-17-36)37-18-12-33(13-19-37)28-45-44(50)46-38-20-22-40(23-21-38)51-39-10-6-3-7-11-39/h2-23,32,41-43,49H,24-31H2,1H3,(H2,45,46,50). The van der Waals surface area contributed by atoms with Crippen LogP contribution in [0.25, 0.3) is 0 Å². The monoisotopic (exact) mass is 712 g/mol. The molecule has 0 bridgehead atoms. The predicted octanol–water partition coefficient (Wildman–Crippen LogP) is 7.90. The number of urea groups is 1. The highest BCUT2D eigenvalue weighted by Gasteiger charge is 2.39. The first-order valence-corrected chi connectivity index (χ1v) is 18.4. The third-order valence-corrected chi connectivity index (χ3v) is 10.1. The SMILES string of the molecule is CC1C(CN2CCN(Cc3ccccc3)CC2)OC(c2ccc(CNC(=O)Nc3ccc(Oc4ccccc4)cc3)cc2)OC1c1ccc(CO)cc1. The molecular formula is C44H48N4O5. The van der Waals surface area contributed by atoms with Crippen molar-refractivity contribution in [1.29, 1.82) is 0 Å². The zero-order chi connectivity index (χ0) is 36.4. The molecule has 0 radical (unpaired) electrons. The summed E-state index contributed by atoms with van der Waals surface area (Å²) in [5, 5.41) is 15.5. The van der Waals surface area contributed by atoms with Gasteiger partial charge in [0.2, 0.25) is 0 Å². The largest absolute Gasteiger partial charge is 0.457 e. The molecule has 2 aliphatic rings. The topological polar surface area (TPSA) is 95.5 Å². The van der Waals surface area contributed by atoms with Gasteiger partial charge in [-0.25, -0.2) is 4.79 Å². The Kier molecular flexibility index (Phi) is 12.1. The Morgan fingerprint density at radius 3 is 1.98 bits per heavy atom. The fraction of sp³-hybridized carbons (Fsp3) is 0.295. The first kappa shape index (κ1) is 36.3. The van der Waals surface area contributed by atoms with Gasteiger partial charge < -0.3 is 30.0 Å². The Bertz CT molecular complexity index is 1870. The molecule has 7 rings (SSSR count). The van der Waals surface area contributed by atoms with Gasteiger partial charge in [0.1, 0.15) is 11.5 Å². The number of aliphatic hydroxyl groups is 1. The van der Waals surface area contributed by atoms with Gasteiger partial charge in [0.25, 0.3) is 0 Å². The summed E-state index contributed by atoms with van der Waals surface area (Å²) >= 11 is 0. The Balaban J connectivity index is 0.953. The third kappa shape index (κ3) is 9.90. The predicted molar refractivity (Wildman–Crippen MR) is 206 cm³/mol. The fourth-order valence-electron chi connectivity index (χ4n) is 6.94. The number of nitrogens with zero attached hydrogens (tertiary/aromatic N) is 2. The third-order valence-electron chi connectivity index (χ3n) is 10.1. The minimum absolute atomic E-state index is 0.00650. The number of hydrogen-bond acceptors (Lipinski definition) is 7. The van der Waals surface area contributed by atoms with Crippen LogP contribution in [0.1, 0.15) is 47.1 Å². The van der Waals surface area contributed by atoms with Crippen LogP contribution in [0.2, 0.25) is 0 Å². The number of rotatable bonds is 12. The van der Waals surface area contributed by atoms with E-state index in [-0.39, 0.29) is 30.8 Å². The highest BCUT2D eigenvalue weighted by Crippen LogP contribution is 2.42. The molecule has 0 saturated carbocycles. The van der Waals surface area contributed by atoms with Crippen LogP contribution >= 0.6 is 0 Å². The lowest BCUT2D eigenvalue weighted by Crippen LogP contribution is -2.51. The van der Waals surface area contributed by atoms with Crippen LogP contribution in [-0.2, 0) is 29.2 Å². The molecule has 274 valence electrons. The number of carbonyl (C=O) groups excluding carboxylic acids is 1. The van der Waals surface area contributed by atoms with E-state index >= 15 is 0 Å². The second-order valence-corrected chi connectivity index (χ2v) is 13.9. The molecule has 9 nitrogen and oxygen atoms in total. The fourth-order valence-corrected chi connectivity index (χ4v) is 6.94. The minimum Gasteiger partial charge on any atom is -0.457 e. The quantitative estimate of drug-likeness (QED) is 0.121. The zero-order valence-corrected chi connectivity index (χ0v) is 30.1. The van der Waals surface area contributed by atoms with Gasteiger partial charge in [-0.2, -0.15) is 0 Å². The summed E-state index contributed by atoms with van der Waals surface area (Å²) in [7, 11) is 0. The van der Waals surface area contributed by atoms with Crippen LogP contribution in [0.3, 0.4) is 0 Å². The normalized spacial score (nSPS) is 20.8. The second kappa shape index (κ2) is 17.7. The molecular weight excluding hydrogens is 665 g/mol. The molecule has 2 amide bonds. The van der Waals surface area contributed by atoms with Gasteiger partial charge in [0.05, 0.1) is 18.8 Å². The number of amides is 2. The first-order chi connectivity index (χ1) is 26.0. The zero-order valence-electron chi connectivity index (χ0n) is 30.1. The number of benzene rings is 5. The molecule has 0 aromatic heterocycles. The van der Waals surface area contributed by atoms with E-state index < -0.39 is 6.29 Å². The smallest absolute Gasteiger partial charge is 0.319 e. The second-order valence-electron chi connectivity index (χ2n) is 13.9. The Morgan fingerprint density at radius 2 is 1.30 bits per heavy atom. The molecule has 4 unspecified atom stereocenters. The van der Waals surface area contributed by atoms with Crippen molar-refractivity contribution >= 4 is 11.7 Å². The van der Waals surface area contributed by atoms with Crippen LogP contribution in [0.4, 0.5) is 10.5 Å². The Hall–Kier alpha value is -5.03. The minimum atomic E-state index is -0.544. The molecule has 5 aromatic rings. The van der Waals surface area contributed by atoms with E-state index in [9.17, 15) is 9.90 Å². The van der Waals surface area contributed by atoms with E-state index in [1.165, 1.54) is 5.56 Å². The summed E-state index contributed by atoms with van der Waals surface area (Å²) < 4.78 is 19.3. The van der Waals surface area contributed by atoms with Crippen molar-refractivity contribution in [2.45, 2.75) is 45.1 Å². The highest BCUT2D eigenvalue weighted by atomic mass is 16.7. The number of hydrogen-bond donors (Lipinski definition) is 3. The van der Waals surface area contributed by atoms with Crippen molar-refractivity contribution in [3.8, 4) is 11.5 Å². The summed E-state index contributed by atoms with van der Waals surface area (Å²) in [5.74, 6) is 1.56. The first-order valence-electron chi connectivity index (χ1n) is 18.4. The molecule has 9 heteroatoms. The molecule has 3 N–H and O–H groups in total. The van der Waals surface area contributed by atoms with E-state index in [1.807, 2.05) is 91.0 Å². The summed E-state index contributed by atoms with van der Waals surface area (Å²) in [4.78, 5) is 17.7. The van der Waals surface area contributed by atoms with Crippen molar-refractivity contribution in [2.24, 2.45) is 5.92 Å². The maximum Gasteiger partial charge on any atom is 0.319 e. The van der Waals surface area contributed by atoms with E-state index in [0.29, 0.717) is 18.0 Å². The number of ether oxygens (including phenoxy) is 3. The summed E-state index contributed by atoms with van der Waals surface area (Å²) in [6.45, 7) is 8.40. The van der Waals surface area contributed by atoms with Crippen LogP contribution in [0.15, 0.2) is 133 Å². The van der Waals surface area contributed by atoms with E-state index in [2.05, 4.69) is 69.8 Å². The van der Waals surface area contributed by atoms with Crippen LogP contribution in [0.5, 0.6) is 11.5 Å². The number of aliphatic hydroxyl groups excluding tert-OH is 1. The van der Waals surface area contributed by atoms with Gasteiger partial charge in [0, 0.05) is 63.0 Å². The maximum absolute atomic E-state index is 12.7. The van der Waals surface area contributed by atoms with Gasteiger partial charge >= 0.3 is 6.03 Å². The summed E-state index contributed by atoms with van der Waals surface area (Å²) in [5.41, 5.74) is 5.85. The molecule has 2 aliphatic heterocycles. The number of piperazine rings is 1. The molecule has 2 fully saturated rings. The summed E-state index contributed by atoms with van der Waals surface area (Å²) in [6.07, 6.45) is -0.756. The van der Waals surface area contributed by atoms with Crippen LogP contribution < -0.4 is 15.4 Å². The van der Waals surface area contributed by atoms with Crippen molar-refractivity contribution < 1.29 is 24.1 Å². The van der Waals surface area contributed by atoms with E-state index in [4.69, 9.17) is 14.2 Å². The Morgan fingerprint density at radius 1 is 0.698 bits per heavy atom. The lowest BCUT2D eigenvalue weighted by Gasteiger charge is -2.44. The van der Waals surface area contributed by atoms with Crippen molar-refractivity contribution in [3.63, 3.8) is 0 Å². The summed E-state index contributed by atoms with van der Waals surface area (Å²) in [6, 6.07) is 43.3. The van der Waals surface area contributed by atoms with Gasteiger partial charge in [-0.3, -0.25) is 9.80 Å². The van der Waals surface area contributed by atoms with Crippen LogP contribution in [0, 0.1) is 5.92 Å². The average Bonchev–Trinajstić information content (AvgIpc) is 3.20. The van der Waals surface area contributed by atoms with Gasteiger partial charge in [-0.15, -0.1) is 0 Å². The van der Waals surface area contributed by atoms with Crippen molar-refractivity contribution in [2.75, 3.05) is 38.0 Å². The Labute approximate surface area is 312 Å². The molecule has 0 spiro atoms. The molecule has 4 atom stereocenters. The molecule has 53 heavy (non-hydrogen) atoms. The van der Waals surface area contributed by atoms with Gasteiger partial charge in [-0.05, 0) is 58.7 Å². The molecule has 2 heterocycles. The van der Waals surface area contributed by atoms with E-state index in [1.54, 1.807) is 0 Å². The number of nitrogens with one attached hydrogen (secondary N) is 2. The lowest BCUT2D eigenvalue weighted by atomic mass is 9.90. The maximum atomic E-state index is 12.7. The lowest BCUT2D eigenvalue weighted by molar-refractivity contribution is -0.276. The number of para-hydroxylation sites is 1. The number of carbonyl (C=O) groups is 1. The van der Waals surface area contributed by atoms with Crippen molar-refractivity contribution in [3.05, 3.63) is 161 Å². The van der Waals surface area contributed by atoms with Gasteiger partial charge in [0.15, 0.2) is 6.29 Å². The highest BCUT2D eigenvalue weighted by molar-refractivity contribution is 5.89. The molecule has 0 aliphatic carbocycles. The molecule has 2 saturated heterocycles. The molecule has 5 aromatic carbocycles. The van der Waals surface area contributed by atoms with E-state index in [0.717, 1.165) is 67.3 Å². The van der Waals surface area contributed by atoms with Gasteiger partial charge in [-0.1, -0.05) is 104 Å². The number of anilines is 1. The van der Waals surface area contributed by atoms with Crippen molar-refractivity contribution in [1.82, 2.24) is 15.1 Å².